The summed E-state index contributed by atoms with van der Waals surface area (Å²) in [6.45, 7) is 2.70. The van der Waals surface area contributed by atoms with Gasteiger partial charge in [0.05, 0.1) is 22.9 Å². The van der Waals surface area contributed by atoms with E-state index < -0.39 is 17.7 Å². The third-order valence-electron chi connectivity index (χ3n) is 5.66. The van der Waals surface area contributed by atoms with Crippen molar-refractivity contribution >= 4 is 29.1 Å². The standard InChI is InChI=1S/C22H23F3N2O2S/c23-22(24,25)16-8-9-20-18(13-16)27(17-6-1-2-7-19(17)30-20)12-4-11-26-10-3-5-15(14-26)21(28)29/h1-2,6-9,13,15H,3-5,10-12,14H2,(H,28,29). The Hall–Kier alpha value is -2.19. The molecule has 0 aromatic heterocycles. The predicted octanol–water partition coefficient (Wildman–Crippen LogP) is 5.49. The number of carboxylic acid groups (broad SMARTS) is 1. The number of hydrogen-bond donors (Lipinski definition) is 1. The van der Waals surface area contributed by atoms with E-state index in [9.17, 15) is 23.1 Å². The fourth-order valence-corrected chi connectivity index (χ4v) is 5.24. The first kappa shape index (κ1) is 21.1. The van der Waals surface area contributed by atoms with Gasteiger partial charge in [-0.05, 0) is 62.7 Å². The molecule has 1 saturated heterocycles. The third-order valence-corrected chi connectivity index (χ3v) is 6.79. The first-order chi connectivity index (χ1) is 14.3. The number of para-hydroxylation sites is 1. The molecule has 4 rings (SSSR count). The van der Waals surface area contributed by atoms with Crippen LogP contribution in [-0.4, -0.2) is 42.2 Å². The number of rotatable bonds is 5. The van der Waals surface area contributed by atoms with Crippen molar-refractivity contribution in [2.45, 2.75) is 35.2 Å². The molecular weight excluding hydrogens is 413 g/mol. The van der Waals surface area contributed by atoms with Gasteiger partial charge in [0, 0.05) is 22.9 Å². The molecule has 1 N–H and O–H groups in total. The fourth-order valence-electron chi connectivity index (χ4n) is 4.16. The van der Waals surface area contributed by atoms with Crippen LogP contribution in [-0.2, 0) is 11.0 Å². The van der Waals surface area contributed by atoms with Gasteiger partial charge in [0.15, 0.2) is 0 Å². The van der Waals surface area contributed by atoms with Crippen molar-refractivity contribution in [2.75, 3.05) is 31.1 Å². The highest BCUT2D eigenvalue weighted by molar-refractivity contribution is 7.99. The van der Waals surface area contributed by atoms with E-state index in [1.165, 1.54) is 17.8 Å². The van der Waals surface area contributed by atoms with Crippen LogP contribution in [0.2, 0.25) is 0 Å². The van der Waals surface area contributed by atoms with Crippen LogP contribution in [0, 0.1) is 5.92 Å². The predicted molar refractivity (Wildman–Crippen MR) is 110 cm³/mol. The second-order valence-corrected chi connectivity index (χ2v) is 8.82. The van der Waals surface area contributed by atoms with E-state index in [-0.39, 0.29) is 5.92 Å². The zero-order valence-corrected chi connectivity index (χ0v) is 17.2. The highest BCUT2D eigenvalue weighted by Crippen LogP contribution is 2.49. The number of carbonyl (C=O) groups is 1. The lowest BCUT2D eigenvalue weighted by Gasteiger charge is -2.35. The molecule has 0 aliphatic carbocycles. The molecule has 0 saturated carbocycles. The summed E-state index contributed by atoms with van der Waals surface area (Å²) in [6.07, 6.45) is -2.09. The molecular formula is C22H23F3N2O2S. The molecule has 30 heavy (non-hydrogen) atoms. The summed E-state index contributed by atoms with van der Waals surface area (Å²) in [5.41, 5.74) is 0.846. The summed E-state index contributed by atoms with van der Waals surface area (Å²) in [7, 11) is 0. The van der Waals surface area contributed by atoms with Gasteiger partial charge in [0.25, 0.3) is 0 Å². The number of anilines is 2. The van der Waals surface area contributed by atoms with Crippen molar-refractivity contribution < 1.29 is 23.1 Å². The molecule has 2 aliphatic rings. The van der Waals surface area contributed by atoms with Gasteiger partial charge >= 0.3 is 12.1 Å². The smallest absolute Gasteiger partial charge is 0.416 e. The SMILES string of the molecule is O=C(O)C1CCCN(CCCN2c3ccccc3Sc3ccc(C(F)(F)F)cc32)C1. The number of piperidine rings is 1. The van der Waals surface area contributed by atoms with E-state index in [0.717, 1.165) is 47.5 Å². The molecule has 0 spiro atoms. The number of likely N-dealkylation sites (tertiary alicyclic amines) is 1. The molecule has 2 aromatic rings. The van der Waals surface area contributed by atoms with E-state index in [4.69, 9.17) is 0 Å². The number of aliphatic carboxylic acids is 1. The van der Waals surface area contributed by atoms with Gasteiger partial charge in [-0.15, -0.1) is 0 Å². The molecule has 2 aromatic carbocycles. The van der Waals surface area contributed by atoms with Crippen LogP contribution in [0.4, 0.5) is 24.5 Å². The minimum absolute atomic E-state index is 0.332. The lowest BCUT2D eigenvalue weighted by molar-refractivity contribution is -0.143. The Labute approximate surface area is 177 Å². The molecule has 8 heteroatoms. The van der Waals surface area contributed by atoms with E-state index in [1.807, 2.05) is 29.2 Å². The second-order valence-electron chi connectivity index (χ2n) is 7.73. The second kappa shape index (κ2) is 8.51. The Morgan fingerprint density at radius 1 is 1.10 bits per heavy atom. The Kier molecular flexibility index (Phi) is 5.97. The van der Waals surface area contributed by atoms with Crippen LogP contribution >= 0.6 is 11.8 Å². The minimum Gasteiger partial charge on any atom is -0.481 e. The maximum absolute atomic E-state index is 13.3. The molecule has 2 aliphatic heterocycles. The summed E-state index contributed by atoms with van der Waals surface area (Å²) >= 11 is 1.49. The minimum atomic E-state index is -4.39. The van der Waals surface area contributed by atoms with Gasteiger partial charge in [-0.3, -0.25) is 4.79 Å². The number of hydrogen-bond acceptors (Lipinski definition) is 4. The van der Waals surface area contributed by atoms with Crippen LogP contribution in [0.5, 0.6) is 0 Å². The maximum atomic E-state index is 13.3. The van der Waals surface area contributed by atoms with Crippen LogP contribution < -0.4 is 4.90 Å². The molecule has 4 nitrogen and oxygen atoms in total. The quantitative estimate of drug-likeness (QED) is 0.671. The summed E-state index contributed by atoms with van der Waals surface area (Å²) in [4.78, 5) is 17.2. The Morgan fingerprint density at radius 3 is 2.63 bits per heavy atom. The van der Waals surface area contributed by atoms with Crippen LogP contribution in [0.15, 0.2) is 52.3 Å². The number of benzene rings is 2. The number of fused-ring (bicyclic) bond motifs is 2. The largest absolute Gasteiger partial charge is 0.481 e. The average Bonchev–Trinajstić information content (AvgIpc) is 2.72. The highest BCUT2D eigenvalue weighted by atomic mass is 32.2. The number of halogens is 3. The molecule has 1 unspecified atom stereocenters. The maximum Gasteiger partial charge on any atom is 0.416 e. The van der Waals surface area contributed by atoms with Gasteiger partial charge in [0.2, 0.25) is 0 Å². The molecule has 0 bridgehead atoms. The zero-order chi connectivity index (χ0) is 21.3. The van der Waals surface area contributed by atoms with Crippen LogP contribution in [0.25, 0.3) is 0 Å². The Morgan fingerprint density at radius 2 is 1.87 bits per heavy atom. The number of alkyl halides is 3. The van der Waals surface area contributed by atoms with Crippen molar-refractivity contribution in [2.24, 2.45) is 5.92 Å². The summed E-state index contributed by atoms with van der Waals surface area (Å²) in [5.74, 6) is -1.09. The Balaban J connectivity index is 1.53. The van der Waals surface area contributed by atoms with Crippen molar-refractivity contribution in [3.05, 3.63) is 48.0 Å². The summed E-state index contributed by atoms with van der Waals surface area (Å²) < 4.78 is 39.9. The van der Waals surface area contributed by atoms with Crippen molar-refractivity contribution in [1.29, 1.82) is 0 Å². The number of carboxylic acids is 1. The molecule has 160 valence electrons. The van der Waals surface area contributed by atoms with E-state index in [2.05, 4.69) is 4.90 Å². The van der Waals surface area contributed by atoms with Crippen molar-refractivity contribution in [3.8, 4) is 0 Å². The van der Waals surface area contributed by atoms with Crippen molar-refractivity contribution in [1.82, 2.24) is 4.90 Å². The zero-order valence-electron chi connectivity index (χ0n) is 16.4. The molecule has 0 amide bonds. The lowest BCUT2D eigenvalue weighted by atomic mass is 9.98. The first-order valence-electron chi connectivity index (χ1n) is 10.0. The monoisotopic (exact) mass is 436 g/mol. The van der Waals surface area contributed by atoms with Gasteiger partial charge in [-0.1, -0.05) is 23.9 Å². The molecule has 2 heterocycles. The average molecular weight is 436 g/mol. The molecule has 1 atom stereocenters. The third kappa shape index (κ3) is 4.44. The summed E-state index contributed by atoms with van der Waals surface area (Å²) in [6, 6.07) is 11.7. The summed E-state index contributed by atoms with van der Waals surface area (Å²) in [5, 5.41) is 9.27. The van der Waals surface area contributed by atoms with Crippen LogP contribution in [0.3, 0.4) is 0 Å². The molecule has 1 fully saturated rings. The first-order valence-corrected chi connectivity index (χ1v) is 10.9. The van der Waals surface area contributed by atoms with Crippen LogP contribution in [0.1, 0.15) is 24.8 Å². The molecule has 0 radical (unpaired) electrons. The van der Waals surface area contributed by atoms with Gasteiger partial charge < -0.3 is 14.9 Å². The van der Waals surface area contributed by atoms with Gasteiger partial charge in [-0.25, -0.2) is 0 Å². The van der Waals surface area contributed by atoms with E-state index in [1.54, 1.807) is 6.07 Å². The van der Waals surface area contributed by atoms with Crippen molar-refractivity contribution in [3.63, 3.8) is 0 Å². The Bertz CT molecular complexity index is 935. The lowest BCUT2D eigenvalue weighted by Crippen LogP contribution is -2.40. The highest BCUT2D eigenvalue weighted by Gasteiger charge is 2.33. The van der Waals surface area contributed by atoms with Gasteiger partial charge in [0.1, 0.15) is 0 Å². The van der Waals surface area contributed by atoms with Gasteiger partial charge in [-0.2, -0.15) is 13.2 Å². The normalized spacial score (nSPS) is 19.3. The fraction of sp³-hybridized carbons (Fsp3) is 0.409. The number of nitrogens with zero attached hydrogens (tertiary/aromatic N) is 2. The van der Waals surface area contributed by atoms with E-state index >= 15 is 0 Å². The topological polar surface area (TPSA) is 43.8 Å². The van der Waals surface area contributed by atoms with E-state index in [0.29, 0.717) is 25.2 Å².